The molecule has 0 spiro atoms. The molecule has 39 heavy (non-hydrogen) atoms. The van der Waals surface area contributed by atoms with Crippen molar-refractivity contribution in [1.82, 2.24) is 0 Å². The number of hydrogen-bond donors (Lipinski definition) is 0. The minimum atomic E-state index is -5.26. The molecule has 0 unspecified atom stereocenters. The minimum absolute atomic E-state index is 0.0446. The second-order valence-corrected chi connectivity index (χ2v) is 8.83. The molecular formula is C32H22F6O. The number of alkyl halides is 3. The summed E-state index contributed by atoms with van der Waals surface area (Å²) in [5.74, 6) is 5.67. The lowest BCUT2D eigenvalue weighted by atomic mass is 10.0. The summed E-state index contributed by atoms with van der Waals surface area (Å²) in [5.41, 5.74) is 2.52. The Morgan fingerprint density at radius 3 is 2.00 bits per heavy atom. The molecule has 7 heteroatoms. The van der Waals surface area contributed by atoms with Gasteiger partial charge in [0.2, 0.25) is 5.75 Å². The first-order valence-electron chi connectivity index (χ1n) is 12.2. The van der Waals surface area contributed by atoms with E-state index in [1.165, 1.54) is 24.5 Å². The van der Waals surface area contributed by atoms with Crippen LogP contribution >= 0.6 is 0 Å². The average Bonchev–Trinajstić information content (AvgIpc) is 2.89. The average molecular weight is 537 g/mol. The Morgan fingerprint density at radius 1 is 0.692 bits per heavy atom. The van der Waals surface area contributed by atoms with Crippen LogP contribution in [0.3, 0.4) is 0 Å². The summed E-state index contributed by atoms with van der Waals surface area (Å²) in [4.78, 5) is 0. The Kier molecular flexibility index (Phi) is 8.52. The third-order valence-corrected chi connectivity index (χ3v) is 5.89. The van der Waals surface area contributed by atoms with E-state index in [4.69, 9.17) is 0 Å². The molecule has 0 N–H and O–H groups in total. The highest BCUT2D eigenvalue weighted by Gasteiger charge is 2.34. The van der Waals surface area contributed by atoms with Crippen LogP contribution in [0, 0.1) is 41.1 Å². The summed E-state index contributed by atoms with van der Waals surface area (Å²) in [7, 11) is 0. The maximum atomic E-state index is 15.1. The van der Waals surface area contributed by atoms with Gasteiger partial charge in [-0.2, -0.15) is 0 Å². The molecule has 0 fully saturated rings. The molecule has 0 aliphatic carbocycles. The van der Waals surface area contributed by atoms with E-state index in [1.807, 2.05) is 12.1 Å². The summed E-state index contributed by atoms with van der Waals surface area (Å²) in [5, 5.41) is 0.858. The molecule has 198 valence electrons. The number of rotatable bonds is 5. The SMILES string of the molecule is CCCCCc1ccc(C#Cc2ccc3c(F)c(C#Cc4cc(F)c(OC(F)(F)F)c(F)c4)ccc3c2)cc1. The van der Waals surface area contributed by atoms with Crippen molar-refractivity contribution >= 4 is 10.8 Å². The van der Waals surface area contributed by atoms with Gasteiger partial charge in [0.15, 0.2) is 11.6 Å². The lowest BCUT2D eigenvalue weighted by molar-refractivity contribution is -0.276. The van der Waals surface area contributed by atoms with Gasteiger partial charge in [0.25, 0.3) is 0 Å². The molecule has 4 aromatic carbocycles. The van der Waals surface area contributed by atoms with Gasteiger partial charge < -0.3 is 4.74 Å². The topological polar surface area (TPSA) is 9.23 Å². The van der Waals surface area contributed by atoms with Crippen LogP contribution in [-0.2, 0) is 6.42 Å². The maximum absolute atomic E-state index is 15.1. The van der Waals surface area contributed by atoms with Crippen LogP contribution in [0.15, 0.2) is 66.7 Å². The highest BCUT2D eigenvalue weighted by Crippen LogP contribution is 2.29. The summed E-state index contributed by atoms with van der Waals surface area (Å²) >= 11 is 0. The predicted molar refractivity (Wildman–Crippen MR) is 139 cm³/mol. The molecule has 4 aromatic rings. The third kappa shape index (κ3) is 7.36. The predicted octanol–water partition coefficient (Wildman–Crippen LogP) is 8.69. The lowest BCUT2D eigenvalue weighted by Crippen LogP contribution is -2.19. The first-order valence-corrected chi connectivity index (χ1v) is 12.2. The van der Waals surface area contributed by atoms with Gasteiger partial charge in [-0.1, -0.05) is 67.7 Å². The second-order valence-electron chi connectivity index (χ2n) is 8.83. The zero-order valence-corrected chi connectivity index (χ0v) is 20.9. The van der Waals surface area contributed by atoms with Gasteiger partial charge in [-0.05, 0) is 66.3 Å². The molecular weight excluding hydrogens is 514 g/mol. The van der Waals surface area contributed by atoms with Gasteiger partial charge in [0, 0.05) is 22.1 Å². The van der Waals surface area contributed by atoms with Crippen LogP contribution in [0.5, 0.6) is 5.75 Å². The third-order valence-electron chi connectivity index (χ3n) is 5.89. The van der Waals surface area contributed by atoms with E-state index in [9.17, 15) is 22.0 Å². The number of hydrogen-bond acceptors (Lipinski definition) is 1. The van der Waals surface area contributed by atoms with E-state index < -0.39 is 29.6 Å². The minimum Gasteiger partial charge on any atom is -0.399 e. The second kappa shape index (κ2) is 12.0. The first kappa shape index (κ1) is 27.7. The van der Waals surface area contributed by atoms with Crippen molar-refractivity contribution in [2.24, 2.45) is 0 Å². The summed E-state index contributed by atoms with van der Waals surface area (Å²) < 4.78 is 83.2. The largest absolute Gasteiger partial charge is 0.573 e. The molecule has 0 saturated carbocycles. The lowest BCUT2D eigenvalue weighted by Gasteiger charge is -2.10. The molecule has 1 nitrogen and oxygen atoms in total. The fourth-order valence-electron chi connectivity index (χ4n) is 3.93. The van der Waals surface area contributed by atoms with E-state index >= 15 is 4.39 Å². The molecule has 0 aromatic heterocycles. The van der Waals surface area contributed by atoms with Gasteiger partial charge in [0.05, 0.1) is 5.56 Å². The summed E-state index contributed by atoms with van der Waals surface area (Å²) in [6, 6.07) is 17.3. The van der Waals surface area contributed by atoms with Crippen molar-refractivity contribution in [2.45, 2.75) is 39.0 Å². The van der Waals surface area contributed by atoms with Gasteiger partial charge in [-0.3, -0.25) is 0 Å². The number of fused-ring (bicyclic) bond motifs is 1. The summed E-state index contributed by atoms with van der Waals surface area (Å²) in [6.07, 6.45) is -0.670. The van der Waals surface area contributed by atoms with E-state index in [-0.39, 0.29) is 16.5 Å². The fraction of sp³-hybridized carbons (Fsp3) is 0.188. The van der Waals surface area contributed by atoms with Crippen molar-refractivity contribution in [3.05, 3.63) is 112 Å². The number of benzene rings is 4. The van der Waals surface area contributed by atoms with Crippen molar-refractivity contribution < 1.29 is 31.1 Å². The molecule has 0 aliphatic heterocycles. The van der Waals surface area contributed by atoms with Crippen LogP contribution < -0.4 is 4.74 Å². The Hall–Kier alpha value is -4.36. The van der Waals surface area contributed by atoms with E-state index in [1.54, 1.807) is 24.3 Å². The van der Waals surface area contributed by atoms with E-state index in [2.05, 4.69) is 47.5 Å². The smallest absolute Gasteiger partial charge is 0.399 e. The Balaban J connectivity index is 1.52. The Morgan fingerprint density at radius 2 is 1.33 bits per heavy atom. The maximum Gasteiger partial charge on any atom is 0.573 e. The Labute approximate surface area is 222 Å². The van der Waals surface area contributed by atoms with Gasteiger partial charge in [0.1, 0.15) is 5.82 Å². The Bertz CT molecular complexity index is 1590. The number of unbranched alkanes of at least 4 members (excludes halogenated alkanes) is 2. The number of ether oxygens (including phenoxy) is 1. The van der Waals surface area contributed by atoms with Gasteiger partial charge in [-0.15, -0.1) is 13.2 Å². The normalized spacial score (nSPS) is 10.9. The molecule has 0 atom stereocenters. The van der Waals surface area contributed by atoms with Crippen molar-refractivity contribution in [3.8, 4) is 29.4 Å². The molecule has 0 bridgehead atoms. The monoisotopic (exact) mass is 536 g/mol. The molecule has 0 amide bonds. The zero-order valence-electron chi connectivity index (χ0n) is 20.9. The molecule has 0 saturated heterocycles. The van der Waals surface area contributed by atoms with Crippen LogP contribution in [0.25, 0.3) is 10.8 Å². The fourth-order valence-corrected chi connectivity index (χ4v) is 3.93. The van der Waals surface area contributed by atoms with Gasteiger partial charge in [-0.25, -0.2) is 13.2 Å². The van der Waals surface area contributed by atoms with E-state index in [0.717, 1.165) is 18.4 Å². The van der Waals surface area contributed by atoms with Crippen LogP contribution in [0.4, 0.5) is 26.3 Å². The highest BCUT2D eigenvalue weighted by molar-refractivity contribution is 5.86. The van der Waals surface area contributed by atoms with Gasteiger partial charge >= 0.3 is 6.36 Å². The molecule has 0 heterocycles. The standard InChI is InChI=1S/C32H22F6O/c1-2-3-4-5-21-6-8-22(9-7-21)10-11-23-13-17-27-26(18-23)16-15-25(30(27)35)14-12-24-19-28(33)31(29(34)20-24)39-32(36,37)38/h6-9,13,15-20H,2-5H2,1H3. The highest BCUT2D eigenvalue weighted by atomic mass is 19.4. The van der Waals surface area contributed by atoms with Crippen LogP contribution in [-0.4, -0.2) is 6.36 Å². The van der Waals surface area contributed by atoms with Crippen LogP contribution in [0.2, 0.25) is 0 Å². The van der Waals surface area contributed by atoms with E-state index in [0.29, 0.717) is 23.1 Å². The first-order chi connectivity index (χ1) is 18.6. The molecule has 0 aliphatic rings. The van der Waals surface area contributed by atoms with Crippen LogP contribution in [0.1, 0.15) is 54.0 Å². The van der Waals surface area contributed by atoms with Crippen molar-refractivity contribution in [1.29, 1.82) is 0 Å². The summed E-state index contributed by atoms with van der Waals surface area (Å²) in [6.45, 7) is 2.17. The number of aryl methyl sites for hydroxylation is 1. The zero-order chi connectivity index (χ0) is 28.0. The quantitative estimate of drug-likeness (QED) is 0.141. The number of halogens is 6. The molecule has 0 radical (unpaired) electrons. The van der Waals surface area contributed by atoms with Crippen molar-refractivity contribution in [2.75, 3.05) is 0 Å². The molecule has 4 rings (SSSR count). The van der Waals surface area contributed by atoms with Crippen molar-refractivity contribution in [3.63, 3.8) is 0 Å².